The van der Waals surface area contributed by atoms with Gasteiger partial charge in [-0.05, 0) is 32.0 Å². The van der Waals surface area contributed by atoms with Crippen LogP contribution >= 0.6 is 0 Å². The fourth-order valence-electron chi connectivity index (χ4n) is 2.19. The van der Waals surface area contributed by atoms with E-state index in [1.807, 2.05) is 48.7 Å². The monoisotopic (exact) mass is 242 g/mol. The van der Waals surface area contributed by atoms with Crippen molar-refractivity contribution in [3.05, 3.63) is 47.5 Å². The molecule has 0 spiro atoms. The molecule has 0 aliphatic carbocycles. The molecule has 3 rings (SSSR count). The third-order valence-corrected chi connectivity index (χ3v) is 2.97. The number of hydrogen-bond donors (Lipinski definition) is 1. The number of aliphatic hydroxyl groups is 1. The van der Waals surface area contributed by atoms with Gasteiger partial charge in [0.2, 0.25) is 0 Å². The van der Waals surface area contributed by atoms with Crippen LogP contribution in [0.1, 0.15) is 17.1 Å². The Labute approximate surface area is 104 Å². The van der Waals surface area contributed by atoms with Gasteiger partial charge in [-0.25, -0.2) is 9.67 Å². The van der Waals surface area contributed by atoms with Gasteiger partial charge < -0.3 is 5.11 Å². The zero-order valence-corrected chi connectivity index (χ0v) is 10.3. The molecule has 1 N–H and O–H groups in total. The fourth-order valence-corrected chi connectivity index (χ4v) is 2.19. The maximum atomic E-state index is 9.56. The zero-order valence-electron chi connectivity index (χ0n) is 10.3. The number of hydrogen-bond acceptors (Lipinski definition) is 3. The highest BCUT2D eigenvalue weighted by atomic mass is 16.3. The summed E-state index contributed by atoms with van der Waals surface area (Å²) >= 11 is 0. The van der Waals surface area contributed by atoms with Crippen molar-refractivity contribution in [2.45, 2.75) is 20.5 Å². The summed E-state index contributed by atoms with van der Waals surface area (Å²) in [5.41, 5.74) is 3.50. The van der Waals surface area contributed by atoms with E-state index in [4.69, 9.17) is 0 Å². The Hall–Kier alpha value is -2.14. The van der Waals surface area contributed by atoms with Crippen LogP contribution in [0.3, 0.4) is 0 Å². The van der Waals surface area contributed by atoms with Crippen molar-refractivity contribution in [3.63, 3.8) is 0 Å². The second-order valence-electron chi connectivity index (χ2n) is 4.31. The van der Waals surface area contributed by atoms with Gasteiger partial charge >= 0.3 is 0 Å². The van der Waals surface area contributed by atoms with Crippen molar-refractivity contribution in [2.75, 3.05) is 0 Å². The number of aromatic nitrogens is 4. The lowest BCUT2D eigenvalue weighted by Crippen LogP contribution is -2.04. The van der Waals surface area contributed by atoms with Crippen LogP contribution in [-0.2, 0) is 6.61 Å². The van der Waals surface area contributed by atoms with Crippen molar-refractivity contribution in [1.82, 2.24) is 19.2 Å². The number of rotatable bonds is 2. The molecular formula is C13H14N4O. The Bertz CT molecular complexity index is 711. The maximum Gasteiger partial charge on any atom is 0.178 e. The van der Waals surface area contributed by atoms with E-state index in [-0.39, 0.29) is 6.61 Å². The van der Waals surface area contributed by atoms with Gasteiger partial charge in [0.1, 0.15) is 5.65 Å². The summed E-state index contributed by atoms with van der Waals surface area (Å²) in [5, 5.41) is 14.0. The molecule has 0 aliphatic heterocycles. The predicted molar refractivity (Wildman–Crippen MR) is 67.7 cm³/mol. The van der Waals surface area contributed by atoms with E-state index >= 15 is 0 Å². The average molecular weight is 242 g/mol. The second kappa shape index (κ2) is 3.96. The van der Waals surface area contributed by atoms with Crippen molar-refractivity contribution < 1.29 is 5.11 Å². The van der Waals surface area contributed by atoms with Gasteiger partial charge in [0.15, 0.2) is 5.82 Å². The Kier molecular flexibility index (Phi) is 2.41. The van der Waals surface area contributed by atoms with Crippen LogP contribution < -0.4 is 0 Å². The predicted octanol–water partition coefficient (Wildman–Crippen LogP) is 1.63. The Morgan fingerprint density at radius 2 is 2.11 bits per heavy atom. The van der Waals surface area contributed by atoms with Crippen LogP contribution in [0.2, 0.25) is 0 Å². The molecule has 0 amide bonds. The van der Waals surface area contributed by atoms with E-state index < -0.39 is 0 Å². The van der Waals surface area contributed by atoms with Gasteiger partial charge in [-0.3, -0.25) is 4.40 Å². The highest BCUT2D eigenvalue weighted by molar-refractivity contribution is 5.48. The topological polar surface area (TPSA) is 55.4 Å². The Morgan fingerprint density at radius 1 is 1.28 bits per heavy atom. The van der Waals surface area contributed by atoms with Crippen LogP contribution in [0.25, 0.3) is 11.5 Å². The minimum atomic E-state index is -0.0706. The SMILES string of the molecule is Cc1cc(C)n(-c2nc3ccccn3c2CO)n1. The minimum Gasteiger partial charge on any atom is -0.390 e. The molecule has 0 saturated carbocycles. The van der Waals surface area contributed by atoms with Crippen molar-refractivity contribution >= 4 is 5.65 Å². The number of pyridine rings is 1. The number of nitrogens with zero attached hydrogens (tertiary/aromatic N) is 4. The van der Waals surface area contributed by atoms with Gasteiger partial charge in [0, 0.05) is 11.9 Å². The molecule has 0 bridgehead atoms. The summed E-state index contributed by atoms with van der Waals surface area (Å²) in [7, 11) is 0. The van der Waals surface area contributed by atoms with E-state index in [1.165, 1.54) is 0 Å². The molecule has 3 heterocycles. The largest absolute Gasteiger partial charge is 0.390 e. The first kappa shape index (κ1) is 11.0. The van der Waals surface area contributed by atoms with E-state index in [2.05, 4.69) is 10.1 Å². The summed E-state index contributed by atoms with van der Waals surface area (Å²) in [6.45, 7) is 3.85. The molecule has 5 nitrogen and oxygen atoms in total. The third kappa shape index (κ3) is 1.52. The summed E-state index contributed by atoms with van der Waals surface area (Å²) in [5.74, 6) is 0.689. The Balaban J connectivity index is 2.32. The molecule has 0 atom stereocenters. The molecule has 92 valence electrons. The number of aliphatic hydroxyl groups excluding tert-OH is 1. The van der Waals surface area contributed by atoms with Crippen LogP contribution in [0, 0.1) is 13.8 Å². The molecule has 3 aromatic rings. The number of imidazole rings is 1. The molecule has 0 aliphatic rings. The lowest BCUT2D eigenvalue weighted by molar-refractivity contribution is 0.275. The molecule has 18 heavy (non-hydrogen) atoms. The van der Waals surface area contributed by atoms with Crippen molar-refractivity contribution in [1.29, 1.82) is 0 Å². The molecule has 0 saturated heterocycles. The highest BCUT2D eigenvalue weighted by Gasteiger charge is 2.15. The fraction of sp³-hybridized carbons (Fsp3) is 0.231. The standard InChI is InChI=1S/C13H14N4O/c1-9-7-10(2)17(15-9)13-11(8-18)16-6-4-3-5-12(16)14-13/h3-7,18H,8H2,1-2H3. The minimum absolute atomic E-state index is 0.0706. The highest BCUT2D eigenvalue weighted by Crippen LogP contribution is 2.18. The average Bonchev–Trinajstić information content (AvgIpc) is 2.88. The lowest BCUT2D eigenvalue weighted by Gasteiger charge is -2.03. The van der Waals surface area contributed by atoms with Gasteiger partial charge in [-0.15, -0.1) is 0 Å². The lowest BCUT2D eigenvalue weighted by atomic mass is 10.4. The molecule has 0 aromatic carbocycles. The molecule has 0 unspecified atom stereocenters. The summed E-state index contributed by atoms with van der Waals surface area (Å²) in [6, 6.07) is 7.74. The number of fused-ring (bicyclic) bond motifs is 1. The van der Waals surface area contributed by atoms with Gasteiger partial charge in [-0.1, -0.05) is 6.07 Å². The third-order valence-electron chi connectivity index (χ3n) is 2.97. The second-order valence-corrected chi connectivity index (χ2v) is 4.31. The quantitative estimate of drug-likeness (QED) is 0.743. The van der Waals surface area contributed by atoms with Crippen LogP contribution in [-0.4, -0.2) is 24.3 Å². The van der Waals surface area contributed by atoms with Crippen LogP contribution in [0.15, 0.2) is 30.5 Å². The summed E-state index contributed by atoms with van der Waals surface area (Å²) < 4.78 is 3.65. The van der Waals surface area contributed by atoms with Crippen molar-refractivity contribution in [3.8, 4) is 5.82 Å². The normalized spacial score (nSPS) is 11.3. The first-order chi connectivity index (χ1) is 8.70. The Morgan fingerprint density at radius 3 is 2.78 bits per heavy atom. The zero-order chi connectivity index (χ0) is 12.7. The van der Waals surface area contributed by atoms with Gasteiger partial charge in [-0.2, -0.15) is 5.10 Å². The van der Waals surface area contributed by atoms with E-state index in [0.29, 0.717) is 5.82 Å². The van der Waals surface area contributed by atoms with Crippen molar-refractivity contribution in [2.24, 2.45) is 0 Å². The van der Waals surface area contributed by atoms with E-state index in [1.54, 1.807) is 4.68 Å². The summed E-state index contributed by atoms with van der Waals surface area (Å²) in [4.78, 5) is 4.53. The molecule has 5 heteroatoms. The van der Waals surface area contributed by atoms with E-state index in [9.17, 15) is 5.11 Å². The van der Waals surface area contributed by atoms with Gasteiger partial charge in [0.05, 0.1) is 18.0 Å². The molecule has 0 fully saturated rings. The molecular weight excluding hydrogens is 228 g/mol. The number of aryl methyl sites for hydroxylation is 2. The first-order valence-electron chi connectivity index (χ1n) is 5.81. The van der Waals surface area contributed by atoms with Gasteiger partial charge in [0.25, 0.3) is 0 Å². The smallest absolute Gasteiger partial charge is 0.178 e. The molecule has 0 radical (unpaired) electrons. The van der Waals surface area contributed by atoms with Crippen LogP contribution in [0.5, 0.6) is 0 Å². The van der Waals surface area contributed by atoms with E-state index in [0.717, 1.165) is 22.7 Å². The maximum absolute atomic E-state index is 9.56. The first-order valence-corrected chi connectivity index (χ1v) is 5.81. The summed E-state index contributed by atoms with van der Waals surface area (Å²) in [6.07, 6.45) is 1.89. The van der Waals surface area contributed by atoms with Crippen LogP contribution in [0.4, 0.5) is 0 Å². The molecule has 3 aromatic heterocycles.